The molecule has 3 rings (SSSR count). The molecule has 7 heteroatoms. The van der Waals surface area contributed by atoms with Crippen LogP contribution in [0.1, 0.15) is 72.0 Å². The fourth-order valence-electron chi connectivity index (χ4n) is 3.00. The van der Waals surface area contributed by atoms with E-state index in [1.807, 2.05) is 38.1 Å². The number of amides is 2. The fourth-order valence-corrected chi connectivity index (χ4v) is 3.00. The number of carbonyl (C=O) groups is 2. The quantitative estimate of drug-likeness (QED) is 0.827. The lowest BCUT2D eigenvalue weighted by Gasteiger charge is -2.34. The summed E-state index contributed by atoms with van der Waals surface area (Å²) in [6.07, 6.45) is 0. The van der Waals surface area contributed by atoms with E-state index in [0.717, 1.165) is 0 Å². The van der Waals surface area contributed by atoms with E-state index in [2.05, 4.69) is 24.0 Å². The molecule has 1 aromatic carbocycles. The van der Waals surface area contributed by atoms with Crippen molar-refractivity contribution in [1.82, 2.24) is 20.0 Å². The standard InChI is InChI=1S/C20H26N4O3/c1-13(2)15-5-7-16(8-6-15)19(25)23-9-11-24(12-10-23)20(26)18-22-21-17(27-18)14(3)4/h5-8,13-14H,9-12H2,1-4H3. The van der Waals surface area contributed by atoms with Gasteiger partial charge >= 0.3 is 11.8 Å². The molecular weight excluding hydrogens is 344 g/mol. The first kappa shape index (κ1) is 19.1. The largest absolute Gasteiger partial charge is 0.417 e. The average Bonchev–Trinajstić information content (AvgIpc) is 3.17. The van der Waals surface area contributed by atoms with Gasteiger partial charge in [-0.25, -0.2) is 0 Å². The van der Waals surface area contributed by atoms with E-state index in [0.29, 0.717) is 43.6 Å². The van der Waals surface area contributed by atoms with Crippen LogP contribution in [0.15, 0.2) is 28.7 Å². The molecule has 0 N–H and O–H groups in total. The number of aromatic nitrogens is 2. The Morgan fingerprint density at radius 3 is 1.89 bits per heavy atom. The summed E-state index contributed by atoms with van der Waals surface area (Å²) < 4.78 is 5.44. The monoisotopic (exact) mass is 370 g/mol. The van der Waals surface area contributed by atoms with E-state index < -0.39 is 0 Å². The first-order valence-electron chi connectivity index (χ1n) is 9.38. The Morgan fingerprint density at radius 2 is 1.41 bits per heavy atom. The average molecular weight is 370 g/mol. The van der Waals surface area contributed by atoms with E-state index in [-0.39, 0.29) is 23.6 Å². The van der Waals surface area contributed by atoms with E-state index in [9.17, 15) is 9.59 Å². The Bertz CT molecular complexity index is 803. The third kappa shape index (κ3) is 4.18. The lowest BCUT2D eigenvalue weighted by molar-refractivity contribution is 0.0512. The normalized spacial score (nSPS) is 14.9. The van der Waals surface area contributed by atoms with Gasteiger partial charge in [-0.15, -0.1) is 10.2 Å². The summed E-state index contributed by atoms with van der Waals surface area (Å²) in [5.74, 6) is 0.708. The lowest BCUT2D eigenvalue weighted by Crippen LogP contribution is -2.50. The Labute approximate surface area is 159 Å². The summed E-state index contributed by atoms with van der Waals surface area (Å²) in [5.41, 5.74) is 1.89. The molecule has 0 radical (unpaired) electrons. The fraction of sp³-hybridized carbons (Fsp3) is 0.500. The summed E-state index contributed by atoms with van der Waals surface area (Å²) >= 11 is 0. The van der Waals surface area contributed by atoms with Gasteiger partial charge in [-0.1, -0.05) is 39.8 Å². The van der Waals surface area contributed by atoms with Crippen molar-refractivity contribution in [1.29, 1.82) is 0 Å². The van der Waals surface area contributed by atoms with Crippen LogP contribution < -0.4 is 0 Å². The molecule has 27 heavy (non-hydrogen) atoms. The Hall–Kier alpha value is -2.70. The molecule has 0 atom stereocenters. The van der Waals surface area contributed by atoms with Crippen molar-refractivity contribution >= 4 is 11.8 Å². The number of hydrogen-bond acceptors (Lipinski definition) is 5. The van der Waals surface area contributed by atoms with Crippen molar-refractivity contribution in [2.75, 3.05) is 26.2 Å². The number of nitrogens with zero attached hydrogens (tertiary/aromatic N) is 4. The van der Waals surface area contributed by atoms with Crippen LogP contribution in [0, 0.1) is 0 Å². The van der Waals surface area contributed by atoms with Gasteiger partial charge in [0.15, 0.2) is 0 Å². The molecule has 0 saturated carbocycles. The van der Waals surface area contributed by atoms with Crippen LogP contribution in [-0.2, 0) is 0 Å². The molecule has 1 aromatic heterocycles. The van der Waals surface area contributed by atoms with Crippen LogP contribution in [0.2, 0.25) is 0 Å². The van der Waals surface area contributed by atoms with Gasteiger partial charge in [-0.05, 0) is 23.6 Å². The third-order valence-electron chi connectivity index (χ3n) is 4.80. The molecule has 1 saturated heterocycles. The maximum absolute atomic E-state index is 12.7. The summed E-state index contributed by atoms with van der Waals surface area (Å²) in [7, 11) is 0. The van der Waals surface area contributed by atoms with Crippen molar-refractivity contribution < 1.29 is 14.0 Å². The Morgan fingerprint density at radius 1 is 0.852 bits per heavy atom. The lowest BCUT2D eigenvalue weighted by atomic mass is 10.0. The van der Waals surface area contributed by atoms with Gasteiger partial charge in [0.05, 0.1) is 0 Å². The summed E-state index contributed by atoms with van der Waals surface area (Å²) in [6, 6.07) is 7.75. The summed E-state index contributed by atoms with van der Waals surface area (Å²) in [6.45, 7) is 9.99. The second-order valence-corrected chi connectivity index (χ2v) is 7.46. The van der Waals surface area contributed by atoms with Crippen molar-refractivity contribution in [3.05, 3.63) is 47.2 Å². The second-order valence-electron chi connectivity index (χ2n) is 7.46. The van der Waals surface area contributed by atoms with E-state index in [4.69, 9.17) is 4.42 Å². The van der Waals surface area contributed by atoms with Gasteiger partial charge in [0.25, 0.3) is 5.91 Å². The van der Waals surface area contributed by atoms with E-state index in [1.54, 1.807) is 9.80 Å². The van der Waals surface area contributed by atoms with Gasteiger partial charge in [0.1, 0.15) is 0 Å². The SMILES string of the molecule is CC(C)c1ccc(C(=O)N2CCN(C(=O)c3nnc(C(C)C)o3)CC2)cc1. The zero-order valence-electron chi connectivity index (χ0n) is 16.3. The summed E-state index contributed by atoms with van der Waals surface area (Å²) in [5, 5.41) is 7.75. The molecule has 0 aliphatic carbocycles. The number of benzene rings is 1. The van der Waals surface area contributed by atoms with Crippen LogP contribution >= 0.6 is 0 Å². The second kappa shape index (κ2) is 7.90. The van der Waals surface area contributed by atoms with Gasteiger partial charge < -0.3 is 14.2 Å². The molecular formula is C20H26N4O3. The van der Waals surface area contributed by atoms with Crippen molar-refractivity contribution in [2.45, 2.75) is 39.5 Å². The molecule has 0 unspecified atom stereocenters. The number of rotatable bonds is 4. The zero-order chi connectivity index (χ0) is 19.6. The minimum atomic E-state index is -0.275. The molecule has 1 aliphatic heterocycles. The maximum atomic E-state index is 12.7. The molecule has 0 bridgehead atoms. The molecule has 144 valence electrons. The highest BCUT2D eigenvalue weighted by molar-refractivity contribution is 5.94. The van der Waals surface area contributed by atoms with E-state index in [1.165, 1.54) is 5.56 Å². The predicted octanol–water partition coefficient (Wildman–Crippen LogP) is 2.91. The van der Waals surface area contributed by atoms with Gasteiger partial charge in [-0.3, -0.25) is 9.59 Å². The van der Waals surface area contributed by atoms with Gasteiger partial charge in [0.2, 0.25) is 5.89 Å². The Balaban J connectivity index is 1.59. The predicted molar refractivity (Wildman–Crippen MR) is 101 cm³/mol. The van der Waals surface area contributed by atoms with E-state index >= 15 is 0 Å². The first-order chi connectivity index (χ1) is 12.9. The van der Waals surface area contributed by atoms with Crippen LogP contribution in [0.5, 0.6) is 0 Å². The molecule has 7 nitrogen and oxygen atoms in total. The third-order valence-corrected chi connectivity index (χ3v) is 4.80. The number of carbonyl (C=O) groups excluding carboxylic acids is 2. The molecule has 2 amide bonds. The highest BCUT2D eigenvalue weighted by atomic mass is 16.4. The molecule has 0 spiro atoms. The minimum Gasteiger partial charge on any atom is -0.417 e. The topological polar surface area (TPSA) is 79.5 Å². The first-order valence-corrected chi connectivity index (χ1v) is 9.38. The smallest absolute Gasteiger partial charge is 0.311 e. The Kier molecular flexibility index (Phi) is 5.58. The highest BCUT2D eigenvalue weighted by Gasteiger charge is 2.28. The molecule has 2 aromatic rings. The van der Waals surface area contributed by atoms with Crippen molar-refractivity contribution in [2.24, 2.45) is 0 Å². The van der Waals surface area contributed by atoms with Crippen molar-refractivity contribution in [3.8, 4) is 0 Å². The minimum absolute atomic E-state index is 0.00251. The number of piperazine rings is 1. The number of hydrogen-bond donors (Lipinski definition) is 0. The van der Waals surface area contributed by atoms with Crippen LogP contribution in [0.25, 0.3) is 0 Å². The zero-order valence-corrected chi connectivity index (χ0v) is 16.3. The van der Waals surface area contributed by atoms with Crippen LogP contribution in [0.3, 0.4) is 0 Å². The van der Waals surface area contributed by atoms with Gasteiger partial charge in [-0.2, -0.15) is 0 Å². The molecule has 2 heterocycles. The van der Waals surface area contributed by atoms with Crippen LogP contribution in [-0.4, -0.2) is 58.0 Å². The molecule has 1 aliphatic rings. The highest BCUT2D eigenvalue weighted by Crippen LogP contribution is 2.17. The summed E-state index contributed by atoms with van der Waals surface area (Å²) in [4.78, 5) is 28.6. The van der Waals surface area contributed by atoms with Crippen molar-refractivity contribution in [3.63, 3.8) is 0 Å². The molecule has 1 fully saturated rings. The van der Waals surface area contributed by atoms with Gasteiger partial charge in [0, 0.05) is 37.7 Å². The maximum Gasteiger partial charge on any atom is 0.311 e. The van der Waals surface area contributed by atoms with Crippen LogP contribution in [0.4, 0.5) is 0 Å².